The molecule has 126 valence electrons. The van der Waals surface area contributed by atoms with Gasteiger partial charge in [0.25, 0.3) is 0 Å². The summed E-state index contributed by atoms with van der Waals surface area (Å²) < 4.78 is 5.94. The lowest BCUT2D eigenvalue weighted by Crippen LogP contribution is -2.56. The smallest absolute Gasteiger partial charge is 0.330 e. The summed E-state index contributed by atoms with van der Waals surface area (Å²) in [5.41, 5.74) is 0.176. The minimum atomic E-state index is -1.75. The van der Waals surface area contributed by atoms with Gasteiger partial charge in [-0.2, -0.15) is 0 Å². The van der Waals surface area contributed by atoms with E-state index in [1.54, 1.807) is 0 Å². The summed E-state index contributed by atoms with van der Waals surface area (Å²) >= 11 is 0. The van der Waals surface area contributed by atoms with Gasteiger partial charge in [-0.3, -0.25) is 0 Å². The van der Waals surface area contributed by atoms with E-state index in [1.165, 1.54) is 6.92 Å². The Kier molecular flexibility index (Phi) is 10.3. The number of carbonyl (C=O) groups is 1. The van der Waals surface area contributed by atoms with Crippen LogP contribution in [-0.2, 0) is 9.22 Å². The molecule has 0 heterocycles. The summed E-state index contributed by atoms with van der Waals surface area (Å²) in [5, 5.41) is 35.4. The van der Waals surface area contributed by atoms with E-state index in [-0.39, 0.29) is 5.57 Å². The predicted molar refractivity (Wildman–Crippen MR) is 88.9 cm³/mol. The second-order valence-corrected chi connectivity index (χ2v) is 12.3. The van der Waals surface area contributed by atoms with Crippen molar-refractivity contribution in [3.8, 4) is 0 Å². The second-order valence-electron chi connectivity index (χ2n) is 6.16. The number of carboxylic acid groups (broad SMARTS) is 1. The third-order valence-electron chi connectivity index (χ3n) is 2.78. The average molecular weight is 339 g/mol. The Bertz CT molecular complexity index is 330. The molecule has 0 fully saturated rings. The van der Waals surface area contributed by atoms with Crippen LogP contribution in [0.4, 0.5) is 0 Å². The molecular weight excluding hydrogens is 308 g/mol. The lowest BCUT2D eigenvalue weighted by Gasteiger charge is -2.40. The van der Waals surface area contributed by atoms with Crippen molar-refractivity contribution in [3.63, 3.8) is 0 Å². The maximum absolute atomic E-state index is 9.92. The van der Waals surface area contributed by atoms with Crippen LogP contribution in [0.3, 0.4) is 0 Å². The first-order valence-electron chi connectivity index (χ1n) is 6.86. The fourth-order valence-electron chi connectivity index (χ4n) is 1.55. The number of hydrogen-bond acceptors (Lipinski definition) is 5. The number of rotatable bonds is 7. The average Bonchev–Trinajstić information content (AvgIpc) is 2.35. The third-order valence-corrected chi connectivity index (χ3v) is 5.77. The third kappa shape index (κ3) is 9.94. The van der Waals surface area contributed by atoms with Crippen molar-refractivity contribution in [1.29, 1.82) is 0 Å². The first kappa shape index (κ1) is 22.8. The van der Waals surface area contributed by atoms with E-state index in [2.05, 4.69) is 6.58 Å². The van der Waals surface area contributed by atoms with E-state index in [4.69, 9.17) is 14.6 Å². The van der Waals surface area contributed by atoms with E-state index >= 15 is 0 Å². The molecule has 0 saturated heterocycles. The molecule has 0 aromatic rings. The molecule has 0 aliphatic heterocycles. The molecule has 6 nitrogen and oxygen atoms in total. The van der Waals surface area contributed by atoms with Gasteiger partial charge in [-0.15, -0.1) is 0 Å². The summed E-state index contributed by atoms with van der Waals surface area (Å²) in [5.74, 6) is -0.935. The highest BCUT2D eigenvalue weighted by atomic mass is 28.4. The molecule has 3 atom stereocenters. The van der Waals surface area contributed by atoms with E-state index in [0.29, 0.717) is 16.7 Å². The molecule has 0 amide bonds. The molecule has 0 aromatic carbocycles. The van der Waals surface area contributed by atoms with Crippen molar-refractivity contribution in [1.82, 2.24) is 0 Å². The van der Waals surface area contributed by atoms with Crippen molar-refractivity contribution < 1.29 is 29.6 Å². The first-order chi connectivity index (χ1) is 9.30. The highest BCUT2D eigenvalue weighted by molar-refractivity contribution is 6.70. The van der Waals surface area contributed by atoms with Crippen molar-refractivity contribution in [2.24, 2.45) is 0 Å². The SMILES string of the molecule is C=C(C)C(=O)O.CCC([SiH3])(O[Si](C)(C)C)C(O)C(O)CO. The van der Waals surface area contributed by atoms with Gasteiger partial charge < -0.3 is 24.9 Å². The number of aliphatic carboxylic acids is 1. The fourth-order valence-corrected chi connectivity index (χ4v) is 5.43. The molecule has 0 rings (SSSR count). The molecule has 4 N–H and O–H groups in total. The molecule has 0 aliphatic carbocycles. The Morgan fingerprint density at radius 2 is 1.76 bits per heavy atom. The van der Waals surface area contributed by atoms with Crippen LogP contribution in [0.5, 0.6) is 0 Å². The van der Waals surface area contributed by atoms with Crippen LogP contribution in [-0.4, -0.2) is 69.0 Å². The van der Waals surface area contributed by atoms with Crippen molar-refractivity contribution >= 4 is 24.5 Å². The summed E-state index contributed by atoms with van der Waals surface area (Å²) in [4.78, 5) is 9.60. The first-order valence-corrected chi connectivity index (χ1v) is 11.3. The lowest BCUT2D eigenvalue weighted by atomic mass is 10.1. The van der Waals surface area contributed by atoms with Crippen LogP contribution in [0.15, 0.2) is 12.2 Å². The number of aliphatic hydroxyl groups excluding tert-OH is 3. The minimum Gasteiger partial charge on any atom is -0.478 e. The van der Waals surface area contributed by atoms with E-state index < -0.39 is 38.3 Å². The maximum atomic E-state index is 9.92. The molecule has 0 saturated carbocycles. The van der Waals surface area contributed by atoms with Gasteiger partial charge in [0.05, 0.1) is 11.8 Å². The Morgan fingerprint density at radius 1 is 1.38 bits per heavy atom. The molecule has 0 aliphatic rings. The van der Waals surface area contributed by atoms with Gasteiger partial charge in [0.2, 0.25) is 0 Å². The molecule has 21 heavy (non-hydrogen) atoms. The van der Waals surface area contributed by atoms with E-state index in [9.17, 15) is 15.0 Å². The second kappa shape index (κ2) is 9.49. The van der Waals surface area contributed by atoms with Crippen LogP contribution in [0.1, 0.15) is 20.3 Å². The quantitative estimate of drug-likeness (QED) is 0.374. The fraction of sp³-hybridized carbons (Fsp3) is 0.769. The molecule has 0 spiro atoms. The summed E-state index contributed by atoms with van der Waals surface area (Å²) in [7, 11) is -1.13. The molecular formula is C13H30O6Si2. The Morgan fingerprint density at radius 3 is 1.95 bits per heavy atom. The van der Waals surface area contributed by atoms with Gasteiger partial charge in [-0.05, 0) is 33.0 Å². The van der Waals surface area contributed by atoms with Crippen LogP contribution in [0.25, 0.3) is 0 Å². The van der Waals surface area contributed by atoms with Gasteiger partial charge in [0.1, 0.15) is 12.2 Å². The number of aliphatic hydroxyl groups is 3. The van der Waals surface area contributed by atoms with Crippen molar-refractivity contribution in [3.05, 3.63) is 12.2 Å². The van der Waals surface area contributed by atoms with Gasteiger partial charge >= 0.3 is 5.97 Å². The van der Waals surface area contributed by atoms with Gasteiger partial charge in [0, 0.05) is 15.8 Å². The van der Waals surface area contributed by atoms with Gasteiger partial charge in [0.15, 0.2) is 8.32 Å². The molecule has 3 unspecified atom stereocenters. The van der Waals surface area contributed by atoms with Crippen molar-refractivity contribution in [2.75, 3.05) is 6.61 Å². The van der Waals surface area contributed by atoms with Crippen LogP contribution >= 0.6 is 0 Å². The largest absolute Gasteiger partial charge is 0.478 e. The Hall–Kier alpha value is -0.516. The van der Waals surface area contributed by atoms with Gasteiger partial charge in [-0.25, -0.2) is 4.79 Å². The minimum absolute atomic E-state index is 0.176. The van der Waals surface area contributed by atoms with Gasteiger partial charge in [-0.1, -0.05) is 13.5 Å². The summed E-state index contributed by atoms with van der Waals surface area (Å²) in [6.45, 7) is 12.2. The lowest BCUT2D eigenvalue weighted by molar-refractivity contribution is -0.132. The predicted octanol–water partition coefficient (Wildman–Crippen LogP) is -0.329. The molecule has 8 heteroatoms. The Labute approximate surface area is 131 Å². The van der Waals surface area contributed by atoms with E-state index in [0.717, 1.165) is 0 Å². The monoisotopic (exact) mass is 338 g/mol. The zero-order chi connectivity index (χ0) is 17.4. The maximum Gasteiger partial charge on any atom is 0.330 e. The van der Waals surface area contributed by atoms with E-state index in [1.807, 2.05) is 26.6 Å². The highest BCUT2D eigenvalue weighted by Gasteiger charge is 2.39. The van der Waals surface area contributed by atoms with Crippen molar-refractivity contribution in [2.45, 2.75) is 57.3 Å². The number of hydrogen-bond donors (Lipinski definition) is 4. The van der Waals surface area contributed by atoms with Crippen LogP contribution in [0.2, 0.25) is 19.6 Å². The summed E-state index contributed by atoms with van der Waals surface area (Å²) in [6.07, 6.45) is -1.45. The molecule has 0 bridgehead atoms. The molecule has 0 radical (unpaired) electrons. The topological polar surface area (TPSA) is 107 Å². The highest BCUT2D eigenvalue weighted by Crippen LogP contribution is 2.24. The zero-order valence-corrected chi connectivity index (χ0v) is 16.9. The zero-order valence-electron chi connectivity index (χ0n) is 13.9. The summed E-state index contributed by atoms with van der Waals surface area (Å²) in [6, 6.07) is 0. The standard InChI is InChI=1S/C9H24O4Si2.C4H6O2/c1-5-9(14,13-15(2,3)4)8(12)7(11)6-10;1-3(2)4(5)6/h7-8,10-12H,5-6H2,1-4,14H3;1H2,2H3,(H,5,6). The Balaban J connectivity index is 0. The normalized spacial score (nSPS) is 17.1. The van der Waals surface area contributed by atoms with Crippen LogP contribution in [0, 0.1) is 0 Å². The number of carboxylic acids is 1. The van der Waals surface area contributed by atoms with Crippen LogP contribution < -0.4 is 0 Å². The molecule has 0 aromatic heterocycles.